The maximum atomic E-state index is 13.1. The molecule has 0 spiro atoms. The number of nitrogens with zero attached hydrogens (tertiary/aromatic N) is 5. The van der Waals surface area contributed by atoms with Crippen LogP contribution in [0.3, 0.4) is 0 Å². The molecule has 0 aliphatic carbocycles. The fourth-order valence-electron chi connectivity index (χ4n) is 4.33. The van der Waals surface area contributed by atoms with Gasteiger partial charge in [-0.15, -0.1) is 23.1 Å². The van der Waals surface area contributed by atoms with Gasteiger partial charge in [-0.05, 0) is 12.1 Å². The highest BCUT2D eigenvalue weighted by molar-refractivity contribution is 8.00. The minimum absolute atomic E-state index is 0.0468. The Kier molecular flexibility index (Phi) is 6.14. The minimum atomic E-state index is -1.19. The first-order valence-corrected chi connectivity index (χ1v) is 12.7. The lowest BCUT2D eigenvalue weighted by molar-refractivity contribution is -0.694. The van der Waals surface area contributed by atoms with Gasteiger partial charge in [-0.1, -0.05) is 5.16 Å². The van der Waals surface area contributed by atoms with E-state index in [2.05, 4.69) is 15.5 Å². The number of carbonyl (C=O) groups excluding carboxylic acids is 2. The molecule has 1 fully saturated rings. The van der Waals surface area contributed by atoms with Crippen molar-refractivity contribution in [3.05, 3.63) is 58.8 Å². The van der Waals surface area contributed by atoms with Crippen molar-refractivity contribution in [2.45, 2.75) is 24.9 Å². The highest BCUT2D eigenvalue weighted by Gasteiger charge is 2.54. The predicted octanol–water partition coefficient (Wildman–Crippen LogP) is 0.363. The number of nitrogen functional groups attached to an aromatic ring is 1. The zero-order valence-corrected chi connectivity index (χ0v) is 20.9. The highest BCUT2D eigenvalue weighted by Crippen LogP contribution is 2.40. The van der Waals surface area contributed by atoms with Gasteiger partial charge < -0.3 is 25.4 Å². The summed E-state index contributed by atoms with van der Waals surface area (Å²) in [5.74, 6) is -1.97. The molecule has 14 heteroatoms. The van der Waals surface area contributed by atoms with Gasteiger partial charge in [0.15, 0.2) is 23.6 Å². The van der Waals surface area contributed by atoms with Crippen molar-refractivity contribution < 1.29 is 28.9 Å². The molecule has 2 amide bonds. The number of nitrogens with one attached hydrogen (secondary N) is 1. The molecular weight excluding hydrogens is 506 g/mol. The molecule has 3 aromatic heterocycles. The molecule has 1 saturated heterocycles. The van der Waals surface area contributed by atoms with E-state index in [4.69, 9.17) is 10.6 Å². The van der Waals surface area contributed by atoms with E-state index >= 15 is 0 Å². The van der Waals surface area contributed by atoms with Gasteiger partial charge in [-0.2, -0.15) is 4.57 Å². The topological polar surface area (TPSA) is 156 Å². The number of rotatable bonds is 7. The Morgan fingerprint density at radius 3 is 2.92 bits per heavy atom. The summed E-state index contributed by atoms with van der Waals surface area (Å²) >= 11 is 2.53. The number of fused-ring (bicyclic) bond motifs is 2. The zero-order valence-electron chi connectivity index (χ0n) is 19.2. The van der Waals surface area contributed by atoms with Gasteiger partial charge in [0.25, 0.3) is 11.8 Å². The molecule has 0 unspecified atom stereocenters. The summed E-state index contributed by atoms with van der Waals surface area (Å²) < 4.78 is 3.95. The lowest BCUT2D eigenvalue weighted by Crippen LogP contribution is -2.71. The first-order chi connectivity index (χ1) is 17.3. The first-order valence-electron chi connectivity index (χ1n) is 10.8. The number of anilines is 1. The number of carbonyl (C=O) groups is 3. The number of β-lactam (4-membered cyclic amide) rings is 1. The Hall–Kier alpha value is -3.91. The summed E-state index contributed by atoms with van der Waals surface area (Å²) in [4.78, 5) is 48.3. The molecule has 12 nitrogen and oxygen atoms in total. The second kappa shape index (κ2) is 9.28. The maximum Gasteiger partial charge on any atom is 0.352 e. The van der Waals surface area contributed by atoms with Crippen LogP contribution in [0.25, 0.3) is 5.52 Å². The van der Waals surface area contributed by atoms with Crippen molar-refractivity contribution in [3.8, 4) is 0 Å². The number of nitrogens with two attached hydrogens (primary N) is 1. The summed E-state index contributed by atoms with van der Waals surface area (Å²) in [6.07, 6.45) is 5.72. The molecule has 5 rings (SSSR count). The van der Waals surface area contributed by atoms with Crippen LogP contribution in [0.15, 0.2) is 52.5 Å². The SMILES string of the molecule is CO/N=C(\C(=O)N[C@@H]1C(=O)N2C(C(=O)O)=C(C[n+]3ccn4cccc4c3C)CS[C@H]12)c1csc(N)n1. The molecule has 186 valence electrons. The molecular formula is C22H22N7O5S2+. The van der Waals surface area contributed by atoms with Crippen LogP contribution in [0.5, 0.6) is 0 Å². The van der Waals surface area contributed by atoms with Crippen molar-refractivity contribution in [2.24, 2.45) is 5.16 Å². The standard InChI is InChI=1S/C22H21N7O5S2/c1-11-14-4-3-5-27(14)6-7-28(11)8-12-9-35-20-16(19(31)29(20)17(12)21(32)33)25-18(30)15(26-34-2)13-10-36-22(23)24-13/h3-7,10,16,20H,8-9H2,1-2H3,(H3-,23,24,25,30,32,33)/p+1/b26-15-/t16-,20-/m1/s1. The van der Waals surface area contributed by atoms with Crippen molar-refractivity contribution in [2.75, 3.05) is 18.6 Å². The Morgan fingerprint density at radius 2 is 2.22 bits per heavy atom. The number of amides is 2. The summed E-state index contributed by atoms with van der Waals surface area (Å²) in [6.45, 7) is 2.29. The lowest BCUT2D eigenvalue weighted by Gasteiger charge is -2.49. The molecule has 5 heterocycles. The zero-order chi connectivity index (χ0) is 25.6. The Morgan fingerprint density at radius 1 is 1.42 bits per heavy atom. The van der Waals surface area contributed by atoms with Crippen molar-refractivity contribution >= 4 is 57.2 Å². The largest absolute Gasteiger partial charge is 0.477 e. The molecule has 3 aromatic rings. The van der Waals surface area contributed by atoms with Crippen LogP contribution in [-0.2, 0) is 25.8 Å². The van der Waals surface area contributed by atoms with E-state index in [1.165, 1.54) is 23.8 Å². The Balaban J connectivity index is 1.38. The number of hydrogen-bond donors (Lipinski definition) is 3. The van der Waals surface area contributed by atoms with Crippen LogP contribution in [-0.4, -0.2) is 67.2 Å². The maximum absolute atomic E-state index is 13.1. The predicted molar refractivity (Wildman–Crippen MR) is 132 cm³/mol. The van der Waals surface area contributed by atoms with Gasteiger partial charge in [-0.25, -0.2) is 9.78 Å². The number of hydrogen-bond acceptors (Lipinski definition) is 9. The highest BCUT2D eigenvalue weighted by atomic mass is 32.2. The smallest absolute Gasteiger partial charge is 0.352 e. The summed E-state index contributed by atoms with van der Waals surface area (Å²) in [7, 11) is 1.29. The van der Waals surface area contributed by atoms with Crippen molar-refractivity contribution in [1.29, 1.82) is 0 Å². The third-order valence-corrected chi connectivity index (χ3v) is 8.06. The van der Waals surface area contributed by atoms with Gasteiger partial charge >= 0.3 is 5.97 Å². The van der Waals surface area contributed by atoms with Gasteiger partial charge in [-0.3, -0.25) is 14.5 Å². The van der Waals surface area contributed by atoms with Crippen LogP contribution in [0.2, 0.25) is 0 Å². The van der Waals surface area contributed by atoms with Crippen LogP contribution in [0.1, 0.15) is 11.4 Å². The van der Waals surface area contributed by atoms with Crippen LogP contribution in [0.4, 0.5) is 5.13 Å². The average Bonchev–Trinajstić information content (AvgIpc) is 3.51. The third-order valence-electron chi connectivity index (χ3n) is 6.05. The monoisotopic (exact) mass is 528 g/mol. The molecule has 0 aromatic carbocycles. The van der Waals surface area contributed by atoms with E-state index < -0.39 is 29.2 Å². The minimum Gasteiger partial charge on any atom is -0.477 e. The van der Waals surface area contributed by atoms with Crippen LogP contribution in [0, 0.1) is 6.92 Å². The van der Waals surface area contributed by atoms with E-state index in [0.717, 1.165) is 22.5 Å². The van der Waals surface area contributed by atoms with Crippen molar-refractivity contribution in [1.82, 2.24) is 19.6 Å². The van der Waals surface area contributed by atoms with E-state index in [-0.39, 0.29) is 22.2 Å². The van der Waals surface area contributed by atoms with Crippen LogP contribution >= 0.6 is 23.1 Å². The second-order valence-electron chi connectivity index (χ2n) is 8.12. The summed E-state index contributed by atoms with van der Waals surface area (Å²) in [5, 5.41) is 17.6. The van der Waals surface area contributed by atoms with Gasteiger partial charge in [0, 0.05) is 29.8 Å². The van der Waals surface area contributed by atoms with Gasteiger partial charge in [0.2, 0.25) is 5.69 Å². The van der Waals surface area contributed by atoms with Gasteiger partial charge in [0.1, 0.15) is 35.4 Å². The Labute approximate surface area is 213 Å². The molecule has 2 atom stereocenters. The molecule has 2 aliphatic heterocycles. The average molecular weight is 529 g/mol. The molecule has 0 radical (unpaired) electrons. The van der Waals surface area contributed by atoms with E-state index in [1.807, 2.05) is 46.6 Å². The quantitative estimate of drug-likeness (QED) is 0.172. The number of thiazole rings is 1. The third kappa shape index (κ3) is 3.97. The van der Waals surface area contributed by atoms with E-state index in [9.17, 15) is 19.5 Å². The first kappa shape index (κ1) is 23.8. The number of aromatic nitrogens is 3. The summed E-state index contributed by atoms with van der Waals surface area (Å²) in [6, 6.07) is 3.01. The number of carboxylic acids is 1. The fourth-order valence-corrected chi connectivity index (χ4v) is 6.21. The molecule has 0 saturated carbocycles. The van der Waals surface area contributed by atoms with E-state index in [0.29, 0.717) is 17.9 Å². The molecule has 0 bridgehead atoms. The number of thioether (sulfide) groups is 1. The van der Waals surface area contributed by atoms with Gasteiger partial charge in [0.05, 0.1) is 6.20 Å². The van der Waals surface area contributed by atoms with Crippen LogP contribution < -0.4 is 15.6 Å². The van der Waals surface area contributed by atoms with Crippen molar-refractivity contribution in [3.63, 3.8) is 0 Å². The molecule has 36 heavy (non-hydrogen) atoms. The summed E-state index contributed by atoms with van der Waals surface area (Å²) in [5.41, 5.74) is 8.30. The molecule has 4 N–H and O–H groups in total. The fraction of sp³-hybridized carbons (Fsp3) is 0.273. The molecule has 2 aliphatic rings. The lowest BCUT2D eigenvalue weighted by atomic mass is 10.0. The number of aryl methyl sites for hydroxylation is 1. The number of carboxylic acid groups (broad SMARTS) is 1. The van der Waals surface area contributed by atoms with E-state index in [1.54, 1.807) is 5.38 Å². The Bertz CT molecular complexity index is 1460. The number of aliphatic carboxylic acids is 1. The second-order valence-corrected chi connectivity index (χ2v) is 10.1. The number of oxime groups is 1. The normalized spacial score (nSPS) is 19.8.